The third-order valence-electron chi connectivity index (χ3n) is 3.67. The molecule has 2 N–H and O–H groups in total. The number of carbonyl (C=O) groups is 2. The van der Waals surface area contributed by atoms with Gasteiger partial charge >= 0.3 is 0 Å². The smallest absolute Gasteiger partial charge is 0.240 e. The van der Waals surface area contributed by atoms with E-state index in [1.807, 2.05) is 0 Å². The van der Waals surface area contributed by atoms with Gasteiger partial charge < -0.3 is 15.0 Å². The maximum Gasteiger partial charge on any atom is 0.240 e. The van der Waals surface area contributed by atoms with Gasteiger partial charge in [-0.1, -0.05) is 17.7 Å². The lowest BCUT2D eigenvalue weighted by molar-refractivity contribution is -0.132. The highest BCUT2D eigenvalue weighted by Gasteiger charge is 2.17. The molecule has 2 amide bonds. The molecule has 1 fully saturated rings. The van der Waals surface area contributed by atoms with Crippen LogP contribution in [-0.4, -0.2) is 76.0 Å². The zero-order valence-corrected chi connectivity index (χ0v) is 17.0. The molecule has 0 unspecified atom stereocenters. The third kappa shape index (κ3) is 7.67. The maximum absolute atomic E-state index is 12.1. The van der Waals surface area contributed by atoms with Gasteiger partial charge in [0.25, 0.3) is 0 Å². The molecule has 1 aromatic rings. The Hall–Kier alpha value is -1.33. The van der Waals surface area contributed by atoms with Gasteiger partial charge in [-0.25, -0.2) is 13.1 Å². The van der Waals surface area contributed by atoms with Gasteiger partial charge in [0.05, 0.1) is 29.6 Å². The second-order valence-electron chi connectivity index (χ2n) is 5.69. The fourth-order valence-electron chi connectivity index (χ4n) is 2.29. The van der Waals surface area contributed by atoms with E-state index in [-0.39, 0.29) is 41.3 Å². The van der Waals surface area contributed by atoms with Gasteiger partial charge in [0.15, 0.2) is 0 Å². The Kier molecular flexibility index (Phi) is 8.84. The van der Waals surface area contributed by atoms with Crippen molar-refractivity contribution in [3.8, 4) is 0 Å². The number of nitrogens with one attached hydrogen (secondary N) is 2. The number of hydrogen-bond donors (Lipinski definition) is 2. The van der Waals surface area contributed by atoms with Crippen LogP contribution in [0.5, 0.6) is 0 Å². The van der Waals surface area contributed by atoms with Crippen molar-refractivity contribution in [2.75, 3.05) is 50.9 Å². The van der Waals surface area contributed by atoms with Crippen LogP contribution < -0.4 is 10.0 Å². The van der Waals surface area contributed by atoms with Crippen LogP contribution in [-0.2, 0) is 24.3 Å². The largest absolute Gasteiger partial charge is 0.378 e. The minimum absolute atomic E-state index is 0.00891. The van der Waals surface area contributed by atoms with E-state index in [2.05, 4.69) is 10.0 Å². The molecule has 1 heterocycles. The number of benzene rings is 1. The zero-order valence-electron chi connectivity index (χ0n) is 14.6. The summed E-state index contributed by atoms with van der Waals surface area (Å²) in [4.78, 5) is 25.5. The summed E-state index contributed by atoms with van der Waals surface area (Å²) < 4.78 is 31.8. The molecule has 0 aliphatic carbocycles. The number of hydrogen-bond acceptors (Lipinski definition) is 6. The van der Waals surface area contributed by atoms with E-state index in [0.717, 1.165) is 0 Å². The van der Waals surface area contributed by atoms with Crippen LogP contribution in [0.25, 0.3) is 0 Å². The summed E-state index contributed by atoms with van der Waals surface area (Å²) in [5.41, 5.74) is 0. The van der Waals surface area contributed by atoms with E-state index in [4.69, 9.17) is 16.3 Å². The monoisotopic (exact) mass is 435 g/mol. The molecule has 0 aromatic heterocycles. The van der Waals surface area contributed by atoms with Crippen LogP contribution in [0.2, 0.25) is 5.02 Å². The zero-order chi connectivity index (χ0) is 19.7. The van der Waals surface area contributed by atoms with Crippen molar-refractivity contribution in [3.05, 3.63) is 29.3 Å². The number of sulfonamides is 1. The summed E-state index contributed by atoms with van der Waals surface area (Å²) in [7, 11) is -3.67. The van der Waals surface area contributed by atoms with Crippen LogP contribution >= 0.6 is 23.4 Å². The van der Waals surface area contributed by atoms with E-state index in [0.29, 0.717) is 31.3 Å². The highest BCUT2D eigenvalue weighted by molar-refractivity contribution is 8.00. The van der Waals surface area contributed by atoms with Gasteiger partial charge in [-0.05, 0) is 18.2 Å². The van der Waals surface area contributed by atoms with Crippen molar-refractivity contribution in [1.29, 1.82) is 0 Å². The highest BCUT2D eigenvalue weighted by Crippen LogP contribution is 2.14. The van der Waals surface area contributed by atoms with Crippen LogP contribution in [0.3, 0.4) is 0 Å². The van der Waals surface area contributed by atoms with Gasteiger partial charge in [0.2, 0.25) is 21.8 Å². The Morgan fingerprint density at radius 2 is 1.93 bits per heavy atom. The van der Waals surface area contributed by atoms with Crippen LogP contribution in [0.15, 0.2) is 29.2 Å². The standard InChI is InChI=1S/C16H22ClN3O5S2/c17-13-2-1-3-14(10-13)27(23,24)19-5-4-18-15(21)11-26-12-16(22)20-6-8-25-9-7-20/h1-3,10,19H,4-9,11-12H2,(H,18,21). The van der Waals surface area contributed by atoms with Crippen molar-refractivity contribution in [1.82, 2.24) is 14.9 Å². The first-order valence-corrected chi connectivity index (χ1v) is 11.4. The van der Waals surface area contributed by atoms with Gasteiger partial charge in [-0.2, -0.15) is 0 Å². The fraction of sp³-hybridized carbons (Fsp3) is 0.500. The normalized spacial score (nSPS) is 14.8. The number of ether oxygens (including phenoxy) is 1. The first kappa shape index (κ1) is 22.0. The number of thioether (sulfide) groups is 1. The predicted molar refractivity (Wildman–Crippen MR) is 104 cm³/mol. The van der Waals surface area contributed by atoms with Gasteiger partial charge in [0.1, 0.15) is 0 Å². The lowest BCUT2D eigenvalue weighted by atomic mass is 10.4. The summed E-state index contributed by atoms with van der Waals surface area (Å²) >= 11 is 7.02. The summed E-state index contributed by atoms with van der Waals surface area (Å²) in [6, 6.07) is 5.93. The topological polar surface area (TPSA) is 105 Å². The molecular formula is C16H22ClN3O5S2. The fourth-order valence-corrected chi connectivity index (χ4v) is 4.37. The Morgan fingerprint density at radius 3 is 2.63 bits per heavy atom. The van der Waals surface area contributed by atoms with E-state index in [9.17, 15) is 18.0 Å². The second kappa shape index (κ2) is 10.9. The molecule has 11 heteroatoms. The van der Waals surface area contributed by atoms with Crippen molar-refractivity contribution in [2.24, 2.45) is 0 Å². The molecule has 0 radical (unpaired) electrons. The van der Waals surface area contributed by atoms with E-state index in [1.54, 1.807) is 17.0 Å². The van der Waals surface area contributed by atoms with Gasteiger partial charge in [-0.15, -0.1) is 11.8 Å². The molecule has 0 bridgehead atoms. The van der Waals surface area contributed by atoms with E-state index < -0.39 is 10.0 Å². The van der Waals surface area contributed by atoms with E-state index in [1.165, 1.54) is 23.9 Å². The first-order chi connectivity index (χ1) is 12.9. The van der Waals surface area contributed by atoms with Gasteiger partial charge in [-0.3, -0.25) is 9.59 Å². The SMILES string of the molecule is O=C(CSCC(=O)N1CCOCC1)NCCNS(=O)(=O)c1cccc(Cl)c1. The number of rotatable bonds is 9. The molecule has 0 atom stereocenters. The number of halogens is 1. The minimum atomic E-state index is -3.67. The molecule has 150 valence electrons. The molecule has 1 aliphatic rings. The quantitative estimate of drug-likeness (QED) is 0.541. The van der Waals surface area contributed by atoms with Crippen molar-refractivity contribution >= 4 is 45.2 Å². The predicted octanol–water partition coefficient (Wildman–Crippen LogP) is 0.327. The summed E-state index contributed by atoms with van der Waals surface area (Å²) in [5.74, 6) is 0.105. The number of morpholine rings is 1. The average molecular weight is 436 g/mol. The Balaban J connectivity index is 1.61. The Morgan fingerprint density at radius 1 is 1.19 bits per heavy atom. The molecular weight excluding hydrogens is 414 g/mol. The highest BCUT2D eigenvalue weighted by atomic mass is 35.5. The number of carbonyl (C=O) groups excluding carboxylic acids is 2. The summed E-state index contributed by atoms with van der Waals surface area (Å²) in [5, 5.41) is 2.94. The number of nitrogens with zero attached hydrogens (tertiary/aromatic N) is 1. The molecule has 2 rings (SSSR count). The molecule has 1 aliphatic heterocycles. The molecule has 0 spiro atoms. The van der Waals surface area contributed by atoms with Crippen molar-refractivity contribution < 1.29 is 22.7 Å². The second-order valence-corrected chi connectivity index (χ2v) is 8.88. The summed E-state index contributed by atoms with van der Waals surface area (Å²) in [6.45, 7) is 2.45. The van der Waals surface area contributed by atoms with Gasteiger partial charge in [0, 0.05) is 31.2 Å². The maximum atomic E-state index is 12.1. The Bertz CT molecular complexity index is 754. The minimum Gasteiger partial charge on any atom is -0.378 e. The molecule has 1 saturated heterocycles. The molecule has 1 aromatic carbocycles. The van der Waals surface area contributed by atoms with Crippen molar-refractivity contribution in [3.63, 3.8) is 0 Å². The Labute approximate surface area is 168 Å². The molecule has 8 nitrogen and oxygen atoms in total. The van der Waals surface area contributed by atoms with Crippen LogP contribution in [0.4, 0.5) is 0 Å². The summed E-state index contributed by atoms with van der Waals surface area (Å²) in [6.07, 6.45) is 0. The lowest BCUT2D eigenvalue weighted by Crippen LogP contribution is -2.41. The van der Waals surface area contributed by atoms with E-state index >= 15 is 0 Å². The average Bonchev–Trinajstić information content (AvgIpc) is 2.66. The van der Waals surface area contributed by atoms with Crippen molar-refractivity contribution in [2.45, 2.75) is 4.90 Å². The lowest BCUT2D eigenvalue weighted by Gasteiger charge is -2.26. The van der Waals surface area contributed by atoms with Crippen LogP contribution in [0.1, 0.15) is 0 Å². The molecule has 0 saturated carbocycles. The first-order valence-electron chi connectivity index (χ1n) is 8.34. The number of amides is 2. The van der Waals surface area contributed by atoms with Crippen LogP contribution in [0, 0.1) is 0 Å². The molecule has 27 heavy (non-hydrogen) atoms. The third-order valence-corrected chi connectivity index (χ3v) is 6.28.